The summed E-state index contributed by atoms with van der Waals surface area (Å²) in [5.41, 5.74) is 7.14. The number of benzene rings is 2. The van der Waals surface area contributed by atoms with Gasteiger partial charge in [-0.1, -0.05) is 11.6 Å². The lowest BCUT2D eigenvalue weighted by Gasteiger charge is -2.07. The lowest BCUT2D eigenvalue weighted by atomic mass is 10.0. The maximum absolute atomic E-state index is 12.3. The molecule has 3 nitrogen and oxygen atoms in total. The summed E-state index contributed by atoms with van der Waals surface area (Å²) in [6, 6.07) is 9.99. The van der Waals surface area contributed by atoms with Gasteiger partial charge in [0.25, 0.3) is 0 Å². The van der Waals surface area contributed by atoms with Crippen LogP contribution >= 0.6 is 27.5 Å². The minimum Gasteiger partial charge on any atom is -0.496 e. The fraction of sp³-hybridized carbons (Fsp3) is 0.0714. The maximum Gasteiger partial charge on any atom is 0.193 e. The Morgan fingerprint density at radius 2 is 1.84 bits per heavy atom. The van der Waals surface area contributed by atoms with Crippen molar-refractivity contribution in [1.82, 2.24) is 0 Å². The smallest absolute Gasteiger partial charge is 0.193 e. The summed E-state index contributed by atoms with van der Waals surface area (Å²) >= 11 is 9.19. The Bertz CT molecular complexity index is 643. The zero-order valence-electron chi connectivity index (χ0n) is 10.1. The van der Waals surface area contributed by atoms with Crippen molar-refractivity contribution in [3.63, 3.8) is 0 Å². The van der Waals surface area contributed by atoms with Crippen LogP contribution in [-0.2, 0) is 0 Å². The zero-order valence-corrected chi connectivity index (χ0v) is 12.5. The standard InChI is InChI=1S/C14H11BrClNO2/c1-19-13-5-3-8(6-10(13)15)14(18)9-2-4-11(16)12(17)7-9/h2-7H,17H2,1H3. The van der Waals surface area contributed by atoms with E-state index in [1.165, 1.54) is 0 Å². The minimum absolute atomic E-state index is 0.119. The lowest BCUT2D eigenvalue weighted by Crippen LogP contribution is -2.02. The zero-order chi connectivity index (χ0) is 14.0. The molecule has 19 heavy (non-hydrogen) atoms. The summed E-state index contributed by atoms with van der Waals surface area (Å²) < 4.78 is 5.85. The van der Waals surface area contributed by atoms with Gasteiger partial charge < -0.3 is 10.5 Å². The van der Waals surface area contributed by atoms with Crippen molar-refractivity contribution in [3.05, 3.63) is 57.0 Å². The van der Waals surface area contributed by atoms with Gasteiger partial charge in [0.05, 0.1) is 22.3 Å². The molecule has 2 N–H and O–H groups in total. The van der Waals surface area contributed by atoms with Crippen LogP contribution in [0.1, 0.15) is 15.9 Å². The number of methoxy groups -OCH3 is 1. The molecule has 0 spiro atoms. The van der Waals surface area contributed by atoms with Crippen molar-refractivity contribution in [3.8, 4) is 5.75 Å². The molecular weight excluding hydrogens is 330 g/mol. The average molecular weight is 341 g/mol. The van der Waals surface area contributed by atoms with Gasteiger partial charge in [0.1, 0.15) is 5.75 Å². The highest BCUT2D eigenvalue weighted by Crippen LogP contribution is 2.27. The van der Waals surface area contributed by atoms with Crippen LogP contribution in [-0.4, -0.2) is 12.9 Å². The van der Waals surface area contributed by atoms with Crippen molar-refractivity contribution in [1.29, 1.82) is 0 Å². The van der Waals surface area contributed by atoms with E-state index in [9.17, 15) is 4.79 Å². The van der Waals surface area contributed by atoms with Gasteiger partial charge in [-0.3, -0.25) is 4.79 Å². The van der Waals surface area contributed by atoms with Crippen LogP contribution < -0.4 is 10.5 Å². The Labute approximate surface area is 124 Å². The van der Waals surface area contributed by atoms with E-state index in [1.807, 2.05) is 0 Å². The maximum atomic E-state index is 12.3. The third kappa shape index (κ3) is 2.91. The molecule has 0 amide bonds. The molecule has 98 valence electrons. The number of anilines is 1. The molecule has 0 aromatic heterocycles. The summed E-state index contributed by atoms with van der Waals surface area (Å²) in [6.45, 7) is 0. The van der Waals surface area contributed by atoms with E-state index in [1.54, 1.807) is 43.5 Å². The molecular formula is C14H11BrClNO2. The van der Waals surface area contributed by atoms with E-state index in [0.29, 0.717) is 27.6 Å². The van der Waals surface area contributed by atoms with E-state index in [2.05, 4.69) is 15.9 Å². The Kier molecular flexibility index (Phi) is 4.12. The molecule has 0 saturated carbocycles. The van der Waals surface area contributed by atoms with Crippen molar-refractivity contribution in [2.45, 2.75) is 0 Å². The van der Waals surface area contributed by atoms with Gasteiger partial charge in [0.2, 0.25) is 0 Å². The first-order valence-electron chi connectivity index (χ1n) is 5.46. The SMILES string of the molecule is COc1ccc(C(=O)c2ccc(Cl)c(N)c2)cc1Br. The summed E-state index contributed by atoms with van der Waals surface area (Å²) in [5, 5.41) is 0.437. The normalized spacial score (nSPS) is 10.3. The largest absolute Gasteiger partial charge is 0.496 e. The number of nitrogens with two attached hydrogens (primary N) is 1. The summed E-state index contributed by atoms with van der Waals surface area (Å²) in [6.07, 6.45) is 0. The molecule has 2 rings (SSSR count). The predicted molar refractivity (Wildman–Crippen MR) is 80.0 cm³/mol. The first-order valence-corrected chi connectivity index (χ1v) is 6.63. The van der Waals surface area contributed by atoms with Crippen LogP contribution in [0.15, 0.2) is 40.9 Å². The van der Waals surface area contributed by atoms with Gasteiger partial charge in [-0.25, -0.2) is 0 Å². The number of ether oxygens (including phenoxy) is 1. The third-order valence-electron chi connectivity index (χ3n) is 2.67. The van der Waals surface area contributed by atoms with Gasteiger partial charge in [0, 0.05) is 11.1 Å². The second-order valence-electron chi connectivity index (χ2n) is 3.91. The Morgan fingerprint density at radius 1 is 1.21 bits per heavy atom. The monoisotopic (exact) mass is 339 g/mol. The molecule has 0 bridgehead atoms. The number of hydrogen-bond donors (Lipinski definition) is 1. The van der Waals surface area contributed by atoms with Crippen molar-refractivity contribution >= 4 is 39.0 Å². The highest BCUT2D eigenvalue weighted by atomic mass is 79.9. The number of rotatable bonds is 3. The van der Waals surface area contributed by atoms with Gasteiger partial charge in [-0.05, 0) is 52.3 Å². The van der Waals surface area contributed by atoms with E-state index < -0.39 is 0 Å². The molecule has 0 atom stereocenters. The van der Waals surface area contributed by atoms with Crippen LogP contribution in [0, 0.1) is 0 Å². The number of hydrogen-bond acceptors (Lipinski definition) is 3. The molecule has 0 aliphatic carbocycles. The number of nitrogen functional groups attached to an aromatic ring is 1. The molecule has 0 saturated heterocycles. The fourth-order valence-electron chi connectivity index (χ4n) is 1.66. The van der Waals surface area contributed by atoms with E-state index >= 15 is 0 Å². The van der Waals surface area contributed by atoms with Crippen LogP contribution in [0.2, 0.25) is 5.02 Å². The lowest BCUT2D eigenvalue weighted by molar-refractivity contribution is 0.103. The molecule has 0 aliphatic heterocycles. The van der Waals surface area contributed by atoms with Gasteiger partial charge in [-0.15, -0.1) is 0 Å². The van der Waals surface area contributed by atoms with E-state index in [4.69, 9.17) is 22.1 Å². The molecule has 0 fully saturated rings. The van der Waals surface area contributed by atoms with Gasteiger partial charge in [0.15, 0.2) is 5.78 Å². The van der Waals surface area contributed by atoms with Gasteiger partial charge >= 0.3 is 0 Å². The van der Waals surface area contributed by atoms with Crippen molar-refractivity contribution < 1.29 is 9.53 Å². The Morgan fingerprint density at radius 3 is 2.42 bits per heavy atom. The first-order chi connectivity index (χ1) is 9.02. The first kappa shape index (κ1) is 13.9. The van der Waals surface area contributed by atoms with Crippen LogP contribution in [0.3, 0.4) is 0 Å². The molecule has 0 aliphatic rings. The van der Waals surface area contributed by atoms with Crippen LogP contribution in [0.4, 0.5) is 5.69 Å². The second-order valence-corrected chi connectivity index (χ2v) is 5.18. The number of carbonyl (C=O) groups excluding carboxylic acids is 1. The highest BCUT2D eigenvalue weighted by Gasteiger charge is 2.12. The minimum atomic E-state index is -0.119. The van der Waals surface area contributed by atoms with Crippen molar-refractivity contribution in [2.24, 2.45) is 0 Å². The average Bonchev–Trinajstić information content (AvgIpc) is 2.41. The number of halogens is 2. The van der Waals surface area contributed by atoms with E-state index in [-0.39, 0.29) is 5.78 Å². The number of ketones is 1. The molecule has 0 radical (unpaired) electrons. The van der Waals surface area contributed by atoms with Crippen molar-refractivity contribution in [2.75, 3.05) is 12.8 Å². The number of carbonyl (C=O) groups is 1. The summed E-state index contributed by atoms with van der Waals surface area (Å²) in [4.78, 5) is 12.3. The molecule has 0 unspecified atom stereocenters. The highest BCUT2D eigenvalue weighted by molar-refractivity contribution is 9.10. The fourth-order valence-corrected chi connectivity index (χ4v) is 2.32. The topological polar surface area (TPSA) is 52.3 Å². The predicted octanol–water partition coefficient (Wildman–Crippen LogP) is 3.92. The van der Waals surface area contributed by atoms with Crippen LogP contribution in [0.5, 0.6) is 5.75 Å². The van der Waals surface area contributed by atoms with Crippen LogP contribution in [0.25, 0.3) is 0 Å². The molecule has 2 aromatic rings. The van der Waals surface area contributed by atoms with E-state index in [0.717, 1.165) is 4.47 Å². The summed E-state index contributed by atoms with van der Waals surface area (Å²) in [7, 11) is 1.57. The molecule has 5 heteroatoms. The summed E-state index contributed by atoms with van der Waals surface area (Å²) in [5.74, 6) is 0.555. The second kappa shape index (κ2) is 5.63. The third-order valence-corrected chi connectivity index (χ3v) is 3.64. The Balaban J connectivity index is 2.38. The molecule has 0 heterocycles. The quantitative estimate of drug-likeness (QED) is 0.680. The molecule has 2 aromatic carbocycles. The Hall–Kier alpha value is -1.52. The van der Waals surface area contributed by atoms with Gasteiger partial charge in [-0.2, -0.15) is 0 Å².